The molecule has 23 heavy (non-hydrogen) atoms. The molecule has 0 aliphatic carbocycles. The molecule has 1 aromatic heterocycles. The van der Waals surface area contributed by atoms with Gasteiger partial charge >= 0.3 is 0 Å². The molecule has 0 spiro atoms. The van der Waals surface area contributed by atoms with Crippen molar-refractivity contribution in [3.8, 4) is 6.07 Å². The Kier molecular flexibility index (Phi) is 5.23. The molecule has 3 unspecified atom stereocenters. The highest BCUT2D eigenvalue weighted by atomic mass is 32.2. The van der Waals surface area contributed by atoms with Crippen LogP contribution in [0.15, 0.2) is 39.9 Å². The number of nitrogens with one attached hydrogen (secondary N) is 1. The third-order valence-electron chi connectivity index (χ3n) is 3.17. The molecule has 1 aromatic carbocycles. The van der Waals surface area contributed by atoms with Crippen molar-refractivity contribution in [2.75, 3.05) is 5.32 Å². The Morgan fingerprint density at radius 1 is 1.43 bits per heavy atom. The van der Waals surface area contributed by atoms with Crippen LogP contribution in [0.5, 0.6) is 0 Å². The van der Waals surface area contributed by atoms with Crippen molar-refractivity contribution in [2.45, 2.75) is 17.9 Å². The predicted molar refractivity (Wildman–Crippen MR) is 79.4 cm³/mol. The van der Waals surface area contributed by atoms with Crippen molar-refractivity contribution in [1.29, 1.82) is 5.26 Å². The Hall–Kier alpha value is -2.54. The van der Waals surface area contributed by atoms with E-state index in [0.29, 0.717) is 11.4 Å². The number of aryl methyl sites for hydroxylation is 1. The highest BCUT2D eigenvalue weighted by Crippen LogP contribution is 2.25. The van der Waals surface area contributed by atoms with Gasteiger partial charge < -0.3 is 19.5 Å². The lowest BCUT2D eigenvalue weighted by Crippen LogP contribution is -2.27. The molecule has 9 heteroatoms. The quantitative estimate of drug-likeness (QED) is 0.702. The van der Waals surface area contributed by atoms with Crippen LogP contribution in [0.2, 0.25) is 0 Å². The number of nitriles is 1. The third-order valence-corrected chi connectivity index (χ3v) is 3.84. The molecule has 0 bridgehead atoms. The van der Waals surface area contributed by atoms with Crippen molar-refractivity contribution in [3.63, 3.8) is 0 Å². The molecule has 0 aliphatic heterocycles. The molecular formula is C14H13N3O5S. The van der Waals surface area contributed by atoms with E-state index in [-0.39, 0.29) is 10.5 Å². The molecule has 1 heterocycles. The average Bonchev–Trinajstić information content (AvgIpc) is 2.94. The zero-order chi connectivity index (χ0) is 17.0. The molecule has 3 atom stereocenters. The van der Waals surface area contributed by atoms with Crippen LogP contribution in [0.25, 0.3) is 0 Å². The number of anilines is 1. The van der Waals surface area contributed by atoms with Crippen LogP contribution in [-0.2, 0) is 15.9 Å². The first kappa shape index (κ1) is 16.8. The number of benzene rings is 1. The SMILES string of the molecule is Cc1oncc1C(O)C(C#N)C(=O)Nc1ccc(S(=O)O)cc1. The number of carbonyl (C=O) groups excluding carboxylic acids is 1. The van der Waals surface area contributed by atoms with E-state index < -0.39 is 29.0 Å². The summed E-state index contributed by atoms with van der Waals surface area (Å²) in [6, 6.07) is 7.33. The van der Waals surface area contributed by atoms with E-state index in [1.165, 1.54) is 30.5 Å². The number of nitrogens with zero attached hydrogens (tertiary/aromatic N) is 2. The van der Waals surface area contributed by atoms with Crippen LogP contribution in [0.4, 0.5) is 5.69 Å². The van der Waals surface area contributed by atoms with Gasteiger partial charge in [-0.3, -0.25) is 4.79 Å². The summed E-state index contributed by atoms with van der Waals surface area (Å²) >= 11 is -2.11. The van der Waals surface area contributed by atoms with Crippen LogP contribution in [0.3, 0.4) is 0 Å². The minimum atomic E-state index is -2.11. The van der Waals surface area contributed by atoms with Crippen molar-refractivity contribution in [2.24, 2.45) is 5.92 Å². The second-order valence-electron chi connectivity index (χ2n) is 4.65. The summed E-state index contributed by atoms with van der Waals surface area (Å²) < 4.78 is 24.6. The molecular weight excluding hydrogens is 322 g/mol. The Morgan fingerprint density at radius 3 is 2.57 bits per heavy atom. The number of hydrogen-bond donors (Lipinski definition) is 3. The van der Waals surface area contributed by atoms with Crippen LogP contribution in [0, 0.1) is 24.2 Å². The lowest BCUT2D eigenvalue weighted by Gasteiger charge is -2.15. The third kappa shape index (κ3) is 3.81. The fourth-order valence-corrected chi connectivity index (χ4v) is 2.29. The number of carbonyl (C=O) groups is 1. The first-order valence-electron chi connectivity index (χ1n) is 6.44. The Bertz CT molecular complexity index is 765. The molecule has 3 N–H and O–H groups in total. The van der Waals surface area contributed by atoms with Crippen molar-refractivity contribution >= 4 is 22.7 Å². The van der Waals surface area contributed by atoms with Gasteiger partial charge in [0.2, 0.25) is 5.91 Å². The number of rotatable bonds is 5. The van der Waals surface area contributed by atoms with Gasteiger partial charge in [-0.25, -0.2) is 4.21 Å². The maximum Gasteiger partial charge on any atom is 0.244 e. The van der Waals surface area contributed by atoms with Crippen molar-refractivity contribution < 1.29 is 23.2 Å². The summed E-state index contributed by atoms with van der Waals surface area (Å²) in [5, 5.41) is 25.3. The Morgan fingerprint density at radius 2 is 2.09 bits per heavy atom. The topological polar surface area (TPSA) is 136 Å². The molecule has 1 amide bonds. The highest BCUT2D eigenvalue weighted by Gasteiger charge is 2.30. The molecule has 2 rings (SSSR count). The van der Waals surface area contributed by atoms with Gasteiger partial charge in [0.25, 0.3) is 0 Å². The first-order valence-corrected chi connectivity index (χ1v) is 7.55. The largest absolute Gasteiger partial charge is 0.386 e. The smallest absolute Gasteiger partial charge is 0.244 e. The van der Waals surface area contributed by atoms with E-state index in [9.17, 15) is 14.1 Å². The second-order valence-corrected chi connectivity index (χ2v) is 5.62. The van der Waals surface area contributed by atoms with E-state index in [1.807, 2.05) is 0 Å². The fraction of sp³-hybridized carbons (Fsp3) is 0.214. The number of aliphatic hydroxyl groups excluding tert-OH is 1. The van der Waals surface area contributed by atoms with E-state index >= 15 is 0 Å². The molecule has 0 aliphatic rings. The van der Waals surface area contributed by atoms with Crippen LogP contribution < -0.4 is 5.32 Å². The standard InChI is InChI=1S/C14H13N3O5S/c1-8-12(7-16-22-8)13(18)11(6-15)14(19)17-9-2-4-10(5-3-9)23(20)21/h2-5,7,11,13,18H,1H3,(H,17,19)(H,20,21). The summed E-state index contributed by atoms with van der Waals surface area (Å²) in [5.41, 5.74) is 0.594. The molecule has 120 valence electrons. The van der Waals surface area contributed by atoms with E-state index in [2.05, 4.69) is 10.5 Å². The Labute approximate surface area is 134 Å². The van der Waals surface area contributed by atoms with Gasteiger partial charge in [0, 0.05) is 11.3 Å². The molecule has 0 fully saturated rings. The van der Waals surface area contributed by atoms with Gasteiger partial charge in [-0.05, 0) is 31.2 Å². The molecule has 0 saturated heterocycles. The normalized spacial score (nSPS) is 14.5. The van der Waals surface area contributed by atoms with Gasteiger partial charge in [0.15, 0.2) is 17.0 Å². The molecule has 0 saturated carbocycles. The lowest BCUT2D eigenvalue weighted by molar-refractivity contribution is -0.121. The monoisotopic (exact) mass is 335 g/mol. The average molecular weight is 335 g/mol. The minimum absolute atomic E-state index is 0.181. The number of aromatic nitrogens is 1. The summed E-state index contributed by atoms with van der Waals surface area (Å²) in [7, 11) is 0. The first-order chi connectivity index (χ1) is 10.9. The minimum Gasteiger partial charge on any atom is -0.386 e. The van der Waals surface area contributed by atoms with Gasteiger partial charge in [-0.15, -0.1) is 0 Å². The number of aliphatic hydroxyl groups is 1. The van der Waals surface area contributed by atoms with Gasteiger partial charge in [-0.1, -0.05) is 5.16 Å². The van der Waals surface area contributed by atoms with Crippen molar-refractivity contribution in [3.05, 3.63) is 41.8 Å². The second kappa shape index (κ2) is 7.15. The van der Waals surface area contributed by atoms with Crippen molar-refractivity contribution in [1.82, 2.24) is 5.16 Å². The summed E-state index contributed by atoms with van der Waals surface area (Å²) in [4.78, 5) is 12.3. The predicted octanol–water partition coefficient (Wildman–Crippen LogP) is 1.38. The number of amides is 1. The van der Waals surface area contributed by atoms with Gasteiger partial charge in [0.05, 0.1) is 17.2 Å². The van der Waals surface area contributed by atoms with Crippen LogP contribution in [-0.4, -0.2) is 24.9 Å². The van der Waals surface area contributed by atoms with Gasteiger partial charge in [-0.2, -0.15) is 5.26 Å². The fourth-order valence-electron chi connectivity index (χ4n) is 1.92. The molecule has 0 radical (unpaired) electrons. The summed E-state index contributed by atoms with van der Waals surface area (Å²) in [6.45, 7) is 1.56. The van der Waals surface area contributed by atoms with E-state index in [1.54, 1.807) is 13.0 Å². The summed E-state index contributed by atoms with van der Waals surface area (Å²) in [5.74, 6) is -1.75. The molecule has 8 nitrogen and oxygen atoms in total. The Balaban J connectivity index is 2.13. The van der Waals surface area contributed by atoms with Crippen LogP contribution >= 0.6 is 0 Å². The number of hydrogen-bond acceptors (Lipinski definition) is 6. The lowest BCUT2D eigenvalue weighted by atomic mass is 9.97. The maximum atomic E-state index is 12.2. The zero-order valence-corrected chi connectivity index (χ0v) is 12.8. The summed E-state index contributed by atoms with van der Waals surface area (Å²) in [6.07, 6.45) is -0.126. The van der Waals surface area contributed by atoms with E-state index in [0.717, 1.165) is 0 Å². The van der Waals surface area contributed by atoms with Crippen LogP contribution in [0.1, 0.15) is 17.4 Å². The molecule has 2 aromatic rings. The maximum absolute atomic E-state index is 12.2. The van der Waals surface area contributed by atoms with E-state index in [4.69, 9.17) is 14.3 Å². The zero-order valence-electron chi connectivity index (χ0n) is 12.0. The van der Waals surface area contributed by atoms with Gasteiger partial charge in [0.1, 0.15) is 11.9 Å². The highest BCUT2D eigenvalue weighted by molar-refractivity contribution is 7.79.